The lowest BCUT2D eigenvalue weighted by Crippen LogP contribution is -2.28. The van der Waals surface area contributed by atoms with Crippen LogP contribution in [0.1, 0.15) is 54.3 Å². The fourth-order valence-electron chi connectivity index (χ4n) is 3.45. The van der Waals surface area contributed by atoms with Crippen molar-refractivity contribution in [3.63, 3.8) is 0 Å². The van der Waals surface area contributed by atoms with Gasteiger partial charge in [-0.1, -0.05) is 0 Å². The summed E-state index contributed by atoms with van der Waals surface area (Å²) >= 11 is 1.86. The quantitative estimate of drug-likeness (QED) is 0.741. The zero-order valence-corrected chi connectivity index (χ0v) is 10.7. The van der Waals surface area contributed by atoms with Gasteiger partial charge >= 0.3 is 0 Å². The highest BCUT2D eigenvalue weighted by atomic mass is 32.1. The molecule has 3 aliphatic rings. The van der Waals surface area contributed by atoms with Crippen molar-refractivity contribution in [1.29, 1.82) is 0 Å². The van der Waals surface area contributed by atoms with Gasteiger partial charge in [0, 0.05) is 10.4 Å². The maximum atomic E-state index is 10.1. The minimum absolute atomic E-state index is 0.636. The number of nitrogens with zero attached hydrogens (tertiary/aromatic N) is 1. The largest absolute Gasteiger partial charge is 0.368 e. The number of fused-ring (bicyclic) bond motifs is 5. The molecule has 0 radical (unpaired) electrons. The average Bonchev–Trinajstić information content (AvgIpc) is 2.55. The van der Waals surface area contributed by atoms with Gasteiger partial charge in [0.2, 0.25) is 0 Å². The molecule has 2 aliphatic carbocycles. The van der Waals surface area contributed by atoms with Gasteiger partial charge in [-0.2, -0.15) is 0 Å². The molecule has 1 aromatic heterocycles. The predicted octanol–water partition coefficient (Wildman–Crippen LogP) is 3.02. The second-order valence-corrected chi connectivity index (χ2v) is 6.44. The van der Waals surface area contributed by atoms with E-state index in [1.54, 1.807) is 0 Å². The summed E-state index contributed by atoms with van der Waals surface area (Å²) in [5.74, 6) is 2.53. The third-order valence-corrected chi connectivity index (χ3v) is 5.76. The van der Waals surface area contributed by atoms with E-state index in [0.717, 1.165) is 34.7 Å². The van der Waals surface area contributed by atoms with E-state index in [4.69, 9.17) is 0 Å². The third-order valence-electron chi connectivity index (χ3n) is 4.47. The number of thiophene rings is 1. The molecule has 2 N–H and O–H groups in total. The van der Waals surface area contributed by atoms with Crippen molar-refractivity contribution in [3.05, 3.63) is 16.0 Å². The molecule has 0 spiro atoms. The van der Waals surface area contributed by atoms with Crippen molar-refractivity contribution in [3.8, 4) is 0 Å². The van der Waals surface area contributed by atoms with Crippen molar-refractivity contribution >= 4 is 22.2 Å². The van der Waals surface area contributed by atoms with E-state index in [1.807, 2.05) is 18.3 Å². The van der Waals surface area contributed by atoms with Crippen LogP contribution in [0.2, 0.25) is 0 Å². The molecule has 17 heavy (non-hydrogen) atoms. The molecule has 3 nitrogen and oxygen atoms in total. The van der Waals surface area contributed by atoms with E-state index in [1.165, 1.54) is 29.7 Å². The number of aliphatic hydroxyl groups excluding tert-OH is 1. The van der Waals surface area contributed by atoms with Crippen LogP contribution in [0.15, 0.2) is 4.99 Å². The monoisotopic (exact) mass is 248 g/mol. The average molecular weight is 248 g/mol. The van der Waals surface area contributed by atoms with E-state index in [0.29, 0.717) is 0 Å². The summed E-state index contributed by atoms with van der Waals surface area (Å²) in [7, 11) is 0. The zero-order chi connectivity index (χ0) is 11.6. The Hall–Kier alpha value is -0.870. The van der Waals surface area contributed by atoms with Crippen LogP contribution in [-0.4, -0.2) is 10.9 Å². The Kier molecular flexibility index (Phi) is 1.97. The molecular formula is C13H16N2OS. The van der Waals surface area contributed by atoms with Gasteiger partial charge in [0.1, 0.15) is 10.8 Å². The summed E-state index contributed by atoms with van der Waals surface area (Å²) in [6.45, 7) is 1.91. The van der Waals surface area contributed by atoms with Crippen LogP contribution < -0.4 is 5.32 Å². The summed E-state index contributed by atoms with van der Waals surface area (Å²) in [6, 6.07) is 0. The normalized spacial score (nSPS) is 33.8. The molecule has 90 valence electrons. The van der Waals surface area contributed by atoms with Crippen molar-refractivity contribution in [1.82, 2.24) is 0 Å². The number of rotatable bonds is 0. The zero-order valence-electron chi connectivity index (χ0n) is 9.86. The second kappa shape index (κ2) is 3.33. The first-order chi connectivity index (χ1) is 8.24. The number of aliphatic hydroxyl groups is 1. The second-order valence-electron chi connectivity index (χ2n) is 5.38. The van der Waals surface area contributed by atoms with Gasteiger partial charge in [0.25, 0.3) is 0 Å². The van der Waals surface area contributed by atoms with Gasteiger partial charge in [-0.25, -0.2) is 4.99 Å². The Labute approximate surface area is 105 Å². The van der Waals surface area contributed by atoms with E-state index in [9.17, 15) is 5.11 Å². The highest BCUT2D eigenvalue weighted by molar-refractivity contribution is 7.16. The van der Waals surface area contributed by atoms with Crippen molar-refractivity contribution < 1.29 is 5.11 Å². The first-order valence-electron chi connectivity index (χ1n) is 6.39. The van der Waals surface area contributed by atoms with Crippen LogP contribution in [0.25, 0.3) is 0 Å². The van der Waals surface area contributed by atoms with Crippen molar-refractivity contribution in [2.24, 2.45) is 10.9 Å². The molecule has 4 heteroatoms. The first kappa shape index (κ1) is 10.1. The molecule has 2 heterocycles. The Morgan fingerprint density at radius 3 is 3.00 bits per heavy atom. The lowest BCUT2D eigenvalue weighted by molar-refractivity contribution is 0.184. The summed E-state index contributed by atoms with van der Waals surface area (Å²) < 4.78 is 0. The Balaban J connectivity index is 1.85. The van der Waals surface area contributed by atoms with E-state index >= 15 is 0 Å². The predicted molar refractivity (Wildman–Crippen MR) is 69.8 cm³/mol. The number of hydrogen-bond donors (Lipinski definition) is 2. The third kappa shape index (κ3) is 1.28. The van der Waals surface area contributed by atoms with Gasteiger partial charge in [-0.3, -0.25) is 0 Å². The van der Waals surface area contributed by atoms with Crippen LogP contribution in [0, 0.1) is 5.92 Å². The minimum atomic E-state index is -0.636. The number of aliphatic imine (C=N–C) groups is 1. The molecule has 1 saturated carbocycles. The van der Waals surface area contributed by atoms with Gasteiger partial charge in [-0.15, -0.1) is 11.3 Å². The summed E-state index contributed by atoms with van der Waals surface area (Å²) in [5.41, 5.74) is 2.48. The lowest BCUT2D eigenvalue weighted by Gasteiger charge is -2.40. The minimum Gasteiger partial charge on any atom is -0.368 e. The highest BCUT2D eigenvalue weighted by Gasteiger charge is 2.41. The molecule has 3 atom stereocenters. The van der Waals surface area contributed by atoms with Crippen LogP contribution in [0.3, 0.4) is 0 Å². The summed E-state index contributed by atoms with van der Waals surface area (Å²) in [5, 5.41) is 14.6. The van der Waals surface area contributed by atoms with Gasteiger partial charge in [0.05, 0.1) is 0 Å². The molecule has 0 bridgehead atoms. The van der Waals surface area contributed by atoms with Gasteiger partial charge < -0.3 is 10.4 Å². The standard InChI is InChI=1S/C13H16N2OS/c1-6-14-12(16)10-9-5-3-7-2-4-8(7)11(9)17-13(10)15-6/h7-8,12,16H,2-5H2,1H3,(H,14,15)/t7-,8?,12?/m0/s1. The number of nitrogens with one attached hydrogen (secondary N) is 1. The number of hydrogen-bond acceptors (Lipinski definition) is 4. The molecule has 0 aromatic carbocycles. The van der Waals surface area contributed by atoms with Crippen LogP contribution in [0.4, 0.5) is 5.00 Å². The number of amidine groups is 1. The van der Waals surface area contributed by atoms with Crippen LogP contribution >= 0.6 is 11.3 Å². The smallest absolute Gasteiger partial charge is 0.176 e. The van der Waals surface area contributed by atoms with Gasteiger partial charge in [0.15, 0.2) is 6.23 Å². The maximum absolute atomic E-state index is 10.1. The Morgan fingerprint density at radius 1 is 1.35 bits per heavy atom. The molecule has 4 rings (SSSR count). The Bertz CT molecular complexity index is 520. The molecule has 1 aromatic rings. The molecule has 2 unspecified atom stereocenters. The topological polar surface area (TPSA) is 44.6 Å². The highest BCUT2D eigenvalue weighted by Crippen LogP contribution is 2.55. The molecule has 1 aliphatic heterocycles. The Morgan fingerprint density at radius 2 is 2.24 bits per heavy atom. The lowest BCUT2D eigenvalue weighted by atomic mass is 9.66. The van der Waals surface area contributed by atoms with E-state index in [2.05, 4.69) is 10.3 Å². The fraction of sp³-hybridized carbons (Fsp3) is 0.615. The van der Waals surface area contributed by atoms with Gasteiger partial charge in [-0.05, 0) is 50.0 Å². The van der Waals surface area contributed by atoms with Crippen molar-refractivity contribution in [2.75, 3.05) is 5.32 Å². The first-order valence-corrected chi connectivity index (χ1v) is 7.20. The van der Waals surface area contributed by atoms with Crippen molar-refractivity contribution in [2.45, 2.75) is 44.8 Å². The maximum Gasteiger partial charge on any atom is 0.176 e. The molecular weight excluding hydrogens is 232 g/mol. The fourth-order valence-corrected chi connectivity index (χ4v) is 5.01. The van der Waals surface area contributed by atoms with E-state index < -0.39 is 6.23 Å². The van der Waals surface area contributed by atoms with Crippen LogP contribution in [-0.2, 0) is 6.42 Å². The van der Waals surface area contributed by atoms with Crippen LogP contribution in [0.5, 0.6) is 0 Å². The summed E-state index contributed by atoms with van der Waals surface area (Å²) in [4.78, 5) is 5.77. The molecule has 0 saturated heterocycles. The SMILES string of the molecule is CC1=NC(O)c2c(sc3c2CC[C@@H]2CCC32)N1. The summed E-state index contributed by atoms with van der Waals surface area (Å²) in [6.07, 6.45) is 4.54. The van der Waals surface area contributed by atoms with E-state index in [-0.39, 0.29) is 0 Å². The molecule has 1 fully saturated rings. The number of anilines is 1. The molecule has 0 amide bonds.